The summed E-state index contributed by atoms with van der Waals surface area (Å²) in [4.78, 5) is 3.33. The van der Waals surface area contributed by atoms with Crippen LogP contribution in [0, 0.1) is 0 Å². The summed E-state index contributed by atoms with van der Waals surface area (Å²) in [5.41, 5.74) is 3.76. The van der Waals surface area contributed by atoms with Crippen LogP contribution < -0.4 is 5.32 Å². The fraction of sp³-hybridized carbons (Fsp3) is 0.100. The quantitative estimate of drug-likeness (QED) is 0.544. The molecule has 0 atom stereocenters. The molecule has 0 bridgehead atoms. The molecule has 0 saturated carbocycles. The zero-order valence-electron chi connectivity index (χ0n) is 12.3. The summed E-state index contributed by atoms with van der Waals surface area (Å²) in [5, 5.41) is 7.41. The normalized spacial score (nSPS) is 11.1. The van der Waals surface area contributed by atoms with Gasteiger partial charge in [0.15, 0.2) is 0 Å². The van der Waals surface area contributed by atoms with Crippen LogP contribution in [0.2, 0.25) is 0 Å². The highest BCUT2D eigenvalue weighted by atomic mass is 14.9. The van der Waals surface area contributed by atoms with Crippen LogP contribution in [-0.2, 0) is 6.42 Å². The third kappa shape index (κ3) is 2.44. The highest BCUT2D eigenvalue weighted by Crippen LogP contribution is 2.20. The van der Waals surface area contributed by atoms with E-state index in [1.807, 2.05) is 0 Å². The lowest BCUT2D eigenvalue weighted by Gasteiger charge is -2.07. The van der Waals surface area contributed by atoms with Crippen molar-refractivity contribution in [3.8, 4) is 0 Å². The van der Waals surface area contributed by atoms with Crippen molar-refractivity contribution in [3.05, 3.63) is 78.5 Å². The van der Waals surface area contributed by atoms with E-state index in [1.54, 1.807) is 0 Å². The third-order valence-corrected chi connectivity index (χ3v) is 4.15. The van der Waals surface area contributed by atoms with Gasteiger partial charge in [-0.25, -0.2) is 0 Å². The monoisotopic (exact) mass is 286 g/mol. The highest BCUT2D eigenvalue weighted by molar-refractivity contribution is 5.86. The summed E-state index contributed by atoms with van der Waals surface area (Å²) >= 11 is 0. The number of hydrogen-bond acceptors (Lipinski definition) is 1. The predicted octanol–water partition coefficient (Wildman–Crippen LogP) is 4.98. The second-order valence-electron chi connectivity index (χ2n) is 5.60. The van der Waals surface area contributed by atoms with E-state index in [4.69, 9.17) is 0 Å². The Balaban J connectivity index is 1.47. The minimum Gasteiger partial charge on any atom is -0.385 e. The lowest BCUT2D eigenvalue weighted by Crippen LogP contribution is -2.04. The number of benzene rings is 3. The van der Waals surface area contributed by atoms with Crippen LogP contribution in [-0.4, -0.2) is 11.5 Å². The average Bonchev–Trinajstić information content (AvgIpc) is 2.98. The summed E-state index contributed by atoms with van der Waals surface area (Å²) < 4.78 is 0. The molecule has 0 aliphatic carbocycles. The molecule has 0 aliphatic rings. The minimum absolute atomic E-state index is 0.931. The molecule has 108 valence electrons. The van der Waals surface area contributed by atoms with Gasteiger partial charge in [0.25, 0.3) is 0 Å². The van der Waals surface area contributed by atoms with Gasteiger partial charge in [-0.15, -0.1) is 0 Å². The molecular weight excluding hydrogens is 268 g/mol. The number of hydrogen-bond donors (Lipinski definition) is 2. The van der Waals surface area contributed by atoms with Gasteiger partial charge in [-0.1, -0.05) is 48.5 Å². The Labute approximate surface area is 129 Å². The second kappa shape index (κ2) is 5.57. The van der Waals surface area contributed by atoms with Crippen LogP contribution in [0.1, 0.15) is 5.56 Å². The Bertz CT molecular complexity index is 921. The molecule has 2 N–H and O–H groups in total. The van der Waals surface area contributed by atoms with Gasteiger partial charge in [0.2, 0.25) is 0 Å². The number of para-hydroxylation sites is 1. The SMILES string of the molecule is c1ccc2cc(NCCc3c[nH]c4ccccc34)ccc2c1. The molecule has 4 rings (SSSR count). The first-order valence-electron chi connectivity index (χ1n) is 7.68. The van der Waals surface area contributed by atoms with E-state index in [0.717, 1.165) is 13.0 Å². The van der Waals surface area contributed by atoms with Crippen molar-refractivity contribution in [2.24, 2.45) is 0 Å². The van der Waals surface area contributed by atoms with Gasteiger partial charge < -0.3 is 10.3 Å². The molecular formula is C20H18N2. The molecule has 2 heteroatoms. The molecule has 0 aliphatic heterocycles. The summed E-state index contributed by atoms with van der Waals surface area (Å²) in [6.45, 7) is 0.931. The van der Waals surface area contributed by atoms with E-state index in [2.05, 4.69) is 83.2 Å². The highest BCUT2D eigenvalue weighted by Gasteiger charge is 2.02. The average molecular weight is 286 g/mol. The molecule has 2 nitrogen and oxygen atoms in total. The number of rotatable bonds is 4. The van der Waals surface area contributed by atoms with Crippen molar-refractivity contribution in [2.75, 3.05) is 11.9 Å². The topological polar surface area (TPSA) is 27.8 Å². The van der Waals surface area contributed by atoms with Crippen LogP contribution >= 0.6 is 0 Å². The molecule has 0 amide bonds. The molecule has 1 heterocycles. The summed E-state index contributed by atoms with van der Waals surface area (Å²) in [5.74, 6) is 0. The Morgan fingerprint density at radius 3 is 2.59 bits per heavy atom. The minimum atomic E-state index is 0.931. The van der Waals surface area contributed by atoms with Crippen LogP contribution in [0.15, 0.2) is 72.9 Å². The van der Waals surface area contributed by atoms with E-state index in [-0.39, 0.29) is 0 Å². The van der Waals surface area contributed by atoms with Gasteiger partial charge in [0, 0.05) is 29.3 Å². The Morgan fingerprint density at radius 2 is 1.64 bits per heavy atom. The number of aromatic nitrogens is 1. The van der Waals surface area contributed by atoms with Crippen molar-refractivity contribution >= 4 is 27.4 Å². The molecule has 4 aromatic rings. The van der Waals surface area contributed by atoms with E-state index in [0.29, 0.717) is 0 Å². The number of anilines is 1. The first-order valence-corrected chi connectivity index (χ1v) is 7.68. The van der Waals surface area contributed by atoms with Crippen LogP contribution in [0.4, 0.5) is 5.69 Å². The summed E-state index contributed by atoms with van der Waals surface area (Å²) in [6, 6.07) is 23.4. The maximum absolute atomic E-state index is 3.53. The van der Waals surface area contributed by atoms with E-state index >= 15 is 0 Å². The van der Waals surface area contributed by atoms with Gasteiger partial charge in [-0.3, -0.25) is 0 Å². The predicted molar refractivity (Wildman–Crippen MR) is 94.4 cm³/mol. The fourth-order valence-corrected chi connectivity index (χ4v) is 2.98. The van der Waals surface area contributed by atoms with Gasteiger partial charge in [0.05, 0.1) is 0 Å². The van der Waals surface area contributed by atoms with Gasteiger partial charge >= 0.3 is 0 Å². The lowest BCUT2D eigenvalue weighted by atomic mass is 10.1. The van der Waals surface area contributed by atoms with Crippen molar-refractivity contribution in [3.63, 3.8) is 0 Å². The van der Waals surface area contributed by atoms with Crippen molar-refractivity contribution in [1.29, 1.82) is 0 Å². The standard InChI is InChI=1S/C20H18N2/c1-2-6-16-13-18(10-9-15(16)5-1)21-12-11-17-14-22-20-8-4-3-7-19(17)20/h1-10,13-14,21-22H,11-12H2. The maximum atomic E-state index is 3.53. The van der Waals surface area contributed by atoms with E-state index < -0.39 is 0 Å². The third-order valence-electron chi connectivity index (χ3n) is 4.15. The van der Waals surface area contributed by atoms with Crippen molar-refractivity contribution in [1.82, 2.24) is 4.98 Å². The molecule has 22 heavy (non-hydrogen) atoms. The number of aromatic amines is 1. The van der Waals surface area contributed by atoms with Gasteiger partial charge in [-0.05, 0) is 41.0 Å². The van der Waals surface area contributed by atoms with Gasteiger partial charge in [0.1, 0.15) is 0 Å². The van der Waals surface area contributed by atoms with Crippen molar-refractivity contribution in [2.45, 2.75) is 6.42 Å². The zero-order chi connectivity index (χ0) is 14.8. The molecule has 0 saturated heterocycles. The fourth-order valence-electron chi connectivity index (χ4n) is 2.98. The lowest BCUT2D eigenvalue weighted by molar-refractivity contribution is 1.03. The van der Waals surface area contributed by atoms with Crippen LogP contribution in [0.5, 0.6) is 0 Å². The Kier molecular flexibility index (Phi) is 3.28. The second-order valence-corrected chi connectivity index (χ2v) is 5.60. The maximum Gasteiger partial charge on any atom is 0.0456 e. The van der Waals surface area contributed by atoms with E-state index in [1.165, 1.54) is 32.9 Å². The molecule has 0 spiro atoms. The van der Waals surface area contributed by atoms with Crippen LogP contribution in [0.3, 0.4) is 0 Å². The molecule has 0 fully saturated rings. The smallest absolute Gasteiger partial charge is 0.0456 e. The van der Waals surface area contributed by atoms with Crippen LogP contribution in [0.25, 0.3) is 21.7 Å². The van der Waals surface area contributed by atoms with Crippen molar-refractivity contribution < 1.29 is 0 Å². The summed E-state index contributed by atoms with van der Waals surface area (Å²) in [6.07, 6.45) is 3.13. The molecule has 3 aromatic carbocycles. The van der Waals surface area contributed by atoms with Gasteiger partial charge in [-0.2, -0.15) is 0 Å². The Morgan fingerprint density at radius 1 is 0.818 bits per heavy atom. The molecule has 0 radical (unpaired) electrons. The van der Waals surface area contributed by atoms with E-state index in [9.17, 15) is 0 Å². The molecule has 1 aromatic heterocycles. The largest absolute Gasteiger partial charge is 0.385 e. The summed E-state index contributed by atoms with van der Waals surface area (Å²) in [7, 11) is 0. The zero-order valence-corrected chi connectivity index (χ0v) is 12.3. The number of nitrogens with one attached hydrogen (secondary N) is 2. The number of H-pyrrole nitrogens is 1. The Hall–Kier alpha value is -2.74. The molecule has 0 unspecified atom stereocenters. The first kappa shape index (κ1) is 13.0. The first-order chi connectivity index (χ1) is 10.9. The number of fused-ring (bicyclic) bond motifs is 2.